The lowest BCUT2D eigenvalue weighted by Crippen LogP contribution is -2.41. The van der Waals surface area contributed by atoms with Crippen molar-refractivity contribution in [3.05, 3.63) is 11.9 Å². The van der Waals surface area contributed by atoms with Crippen LogP contribution in [-0.4, -0.2) is 34.3 Å². The fraction of sp³-hybridized carbons (Fsp3) is 0.714. The summed E-state index contributed by atoms with van der Waals surface area (Å²) >= 11 is 0. The Labute approximate surface area is 114 Å². The van der Waals surface area contributed by atoms with E-state index < -0.39 is 0 Å². The van der Waals surface area contributed by atoms with E-state index in [-0.39, 0.29) is 12.1 Å². The van der Waals surface area contributed by atoms with Gasteiger partial charge in [0, 0.05) is 19.0 Å². The van der Waals surface area contributed by atoms with Crippen LogP contribution in [-0.2, 0) is 0 Å². The first-order chi connectivity index (χ1) is 9.16. The van der Waals surface area contributed by atoms with Gasteiger partial charge in [-0.3, -0.25) is 0 Å². The lowest BCUT2D eigenvalue weighted by Gasteiger charge is -2.31. The Kier molecular flexibility index (Phi) is 4.24. The molecule has 1 heterocycles. The van der Waals surface area contributed by atoms with Crippen molar-refractivity contribution in [3.8, 4) is 0 Å². The topological polar surface area (TPSA) is 70.1 Å². The van der Waals surface area contributed by atoms with Gasteiger partial charge in [-0.2, -0.15) is 0 Å². The summed E-state index contributed by atoms with van der Waals surface area (Å²) in [4.78, 5) is 9.10. The van der Waals surface area contributed by atoms with Gasteiger partial charge in [0.15, 0.2) is 0 Å². The van der Waals surface area contributed by atoms with Gasteiger partial charge in [-0.1, -0.05) is 13.8 Å². The average Bonchev–Trinajstić information content (AvgIpc) is 3.29. The number of nitrogens with one attached hydrogen (secondary N) is 2. The molecule has 1 aliphatic carbocycles. The van der Waals surface area contributed by atoms with Crippen LogP contribution in [0.3, 0.4) is 0 Å². The Morgan fingerprint density at radius 1 is 1.26 bits per heavy atom. The molecule has 1 aromatic rings. The summed E-state index contributed by atoms with van der Waals surface area (Å²) in [5.41, 5.74) is -0.291. The van der Waals surface area contributed by atoms with Crippen LogP contribution < -0.4 is 10.6 Å². The molecule has 0 unspecified atom stereocenters. The number of aromatic nitrogens is 2. The van der Waals surface area contributed by atoms with Crippen LogP contribution in [0.2, 0.25) is 0 Å². The zero-order chi connectivity index (χ0) is 13.9. The number of hydrogen-bond acceptors (Lipinski definition) is 5. The Balaban J connectivity index is 2.25. The summed E-state index contributed by atoms with van der Waals surface area (Å²) in [7, 11) is 1.86. The highest BCUT2D eigenvalue weighted by molar-refractivity contribution is 5.49. The highest BCUT2D eigenvalue weighted by Gasteiger charge is 2.29. The number of aliphatic hydroxyl groups is 1. The SMILES string of the molecule is CCC(CC)(CO)Nc1cc(NC)nc(C2CC2)n1. The quantitative estimate of drug-likeness (QED) is 0.705. The van der Waals surface area contributed by atoms with E-state index in [1.54, 1.807) is 0 Å². The second kappa shape index (κ2) is 5.74. The van der Waals surface area contributed by atoms with Gasteiger partial charge < -0.3 is 15.7 Å². The molecule has 0 spiro atoms. The zero-order valence-electron chi connectivity index (χ0n) is 12.0. The zero-order valence-corrected chi connectivity index (χ0v) is 12.0. The number of hydrogen-bond donors (Lipinski definition) is 3. The van der Waals surface area contributed by atoms with E-state index in [0.717, 1.165) is 30.3 Å². The summed E-state index contributed by atoms with van der Waals surface area (Å²) in [6.07, 6.45) is 4.08. The Bertz CT molecular complexity index is 419. The molecule has 0 aliphatic heterocycles. The molecule has 0 atom stereocenters. The molecule has 5 heteroatoms. The lowest BCUT2D eigenvalue weighted by molar-refractivity contribution is 0.202. The van der Waals surface area contributed by atoms with Gasteiger partial charge in [0.05, 0.1) is 12.1 Å². The first-order valence-electron chi connectivity index (χ1n) is 7.12. The lowest BCUT2D eigenvalue weighted by atomic mass is 9.94. The van der Waals surface area contributed by atoms with Crippen molar-refractivity contribution in [2.45, 2.75) is 51.0 Å². The van der Waals surface area contributed by atoms with Crippen LogP contribution in [0.4, 0.5) is 11.6 Å². The van der Waals surface area contributed by atoms with E-state index >= 15 is 0 Å². The standard InChI is InChI=1S/C14H24N4O/c1-4-14(5-2,9-19)18-12-8-11(15-3)16-13(17-12)10-6-7-10/h8,10,19H,4-7,9H2,1-3H3,(H2,15,16,17,18). The Morgan fingerprint density at radius 2 is 1.89 bits per heavy atom. The maximum Gasteiger partial charge on any atom is 0.136 e. The largest absolute Gasteiger partial charge is 0.394 e. The molecule has 2 rings (SSSR count). The summed E-state index contributed by atoms with van der Waals surface area (Å²) in [5, 5.41) is 16.1. The van der Waals surface area contributed by atoms with Crippen molar-refractivity contribution >= 4 is 11.6 Å². The van der Waals surface area contributed by atoms with Crippen LogP contribution in [0.1, 0.15) is 51.3 Å². The number of nitrogens with zero attached hydrogens (tertiary/aromatic N) is 2. The number of aliphatic hydroxyl groups excluding tert-OH is 1. The highest BCUT2D eigenvalue weighted by atomic mass is 16.3. The molecule has 0 radical (unpaired) electrons. The van der Waals surface area contributed by atoms with Crippen molar-refractivity contribution < 1.29 is 5.11 Å². The minimum atomic E-state index is -0.291. The van der Waals surface area contributed by atoms with E-state index in [1.165, 1.54) is 12.8 Å². The summed E-state index contributed by atoms with van der Waals surface area (Å²) in [5.74, 6) is 3.06. The van der Waals surface area contributed by atoms with E-state index in [9.17, 15) is 5.11 Å². The minimum absolute atomic E-state index is 0.109. The number of rotatable bonds is 7. The third-order valence-electron chi connectivity index (χ3n) is 3.99. The van der Waals surface area contributed by atoms with Crippen molar-refractivity contribution in [3.63, 3.8) is 0 Å². The molecule has 5 nitrogen and oxygen atoms in total. The normalized spacial score (nSPS) is 15.4. The molecule has 0 bridgehead atoms. The van der Waals surface area contributed by atoms with Crippen molar-refractivity contribution in [1.82, 2.24) is 9.97 Å². The molecule has 19 heavy (non-hydrogen) atoms. The van der Waals surface area contributed by atoms with Crippen LogP contribution in [0.25, 0.3) is 0 Å². The first-order valence-corrected chi connectivity index (χ1v) is 7.12. The maximum absolute atomic E-state index is 9.63. The predicted octanol–water partition coefficient (Wildman–Crippen LogP) is 2.36. The van der Waals surface area contributed by atoms with Gasteiger partial charge in [-0.15, -0.1) is 0 Å². The molecule has 3 N–H and O–H groups in total. The van der Waals surface area contributed by atoms with Crippen molar-refractivity contribution in [2.24, 2.45) is 0 Å². The second-order valence-corrected chi connectivity index (χ2v) is 5.29. The highest BCUT2D eigenvalue weighted by Crippen LogP contribution is 2.39. The van der Waals surface area contributed by atoms with Crippen LogP contribution in [0, 0.1) is 0 Å². The Morgan fingerprint density at radius 3 is 2.37 bits per heavy atom. The average molecular weight is 264 g/mol. The summed E-state index contributed by atoms with van der Waals surface area (Å²) in [6.45, 7) is 4.26. The predicted molar refractivity (Wildman–Crippen MR) is 77.6 cm³/mol. The third-order valence-corrected chi connectivity index (χ3v) is 3.99. The first kappa shape index (κ1) is 14.1. The van der Waals surface area contributed by atoms with Crippen LogP contribution in [0.15, 0.2) is 6.07 Å². The minimum Gasteiger partial charge on any atom is -0.394 e. The van der Waals surface area contributed by atoms with E-state index in [0.29, 0.717) is 5.92 Å². The van der Waals surface area contributed by atoms with E-state index in [2.05, 4.69) is 34.4 Å². The fourth-order valence-electron chi connectivity index (χ4n) is 2.14. The molecule has 1 aliphatic rings. The molecular weight excluding hydrogens is 240 g/mol. The van der Waals surface area contributed by atoms with E-state index in [4.69, 9.17) is 0 Å². The monoisotopic (exact) mass is 264 g/mol. The van der Waals surface area contributed by atoms with E-state index in [1.807, 2.05) is 13.1 Å². The molecule has 1 fully saturated rings. The molecular formula is C14H24N4O. The molecule has 1 saturated carbocycles. The second-order valence-electron chi connectivity index (χ2n) is 5.29. The number of anilines is 2. The molecule has 106 valence electrons. The van der Waals surface area contributed by atoms with Gasteiger partial charge >= 0.3 is 0 Å². The van der Waals surface area contributed by atoms with Gasteiger partial charge in [0.1, 0.15) is 17.5 Å². The van der Waals surface area contributed by atoms with Crippen molar-refractivity contribution in [1.29, 1.82) is 0 Å². The summed E-state index contributed by atoms with van der Waals surface area (Å²) < 4.78 is 0. The molecule has 0 saturated heterocycles. The Hall–Kier alpha value is -1.36. The maximum atomic E-state index is 9.63. The molecule has 1 aromatic heterocycles. The van der Waals surface area contributed by atoms with Gasteiger partial charge in [0.25, 0.3) is 0 Å². The van der Waals surface area contributed by atoms with Crippen molar-refractivity contribution in [2.75, 3.05) is 24.3 Å². The molecule has 0 amide bonds. The van der Waals surface area contributed by atoms with Crippen LogP contribution >= 0.6 is 0 Å². The van der Waals surface area contributed by atoms with Gasteiger partial charge in [-0.05, 0) is 25.7 Å². The molecule has 0 aromatic carbocycles. The smallest absolute Gasteiger partial charge is 0.136 e. The van der Waals surface area contributed by atoms with Gasteiger partial charge in [0.2, 0.25) is 0 Å². The van der Waals surface area contributed by atoms with Crippen LogP contribution in [0.5, 0.6) is 0 Å². The third kappa shape index (κ3) is 3.15. The summed E-state index contributed by atoms with van der Waals surface area (Å²) in [6, 6.07) is 1.90. The van der Waals surface area contributed by atoms with Gasteiger partial charge in [-0.25, -0.2) is 9.97 Å². The fourth-order valence-corrected chi connectivity index (χ4v) is 2.14.